The summed E-state index contributed by atoms with van der Waals surface area (Å²) >= 11 is 0. The minimum absolute atomic E-state index is 0.211. The van der Waals surface area contributed by atoms with Crippen LogP contribution in [-0.2, 0) is 6.54 Å². The lowest BCUT2D eigenvalue weighted by molar-refractivity contribution is 0.355. The van der Waals surface area contributed by atoms with Crippen molar-refractivity contribution in [3.63, 3.8) is 0 Å². The van der Waals surface area contributed by atoms with E-state index in [1.165, 1.54) is 12.1 Å². The Labute approximate surface area is 130 Å². The van der Waals surface area contributed by atoms with Gasteiger partial charge in [-0.25, -0.2) is 4.39 Å². The van der Waals surface area contributed by atoms with Crippen LogP contribution >= 0.6 is 0 Å². The molecule has 2 rings (SSSR count). The molecule has 0 aliphatic rings. The van der Waals surface area contributed by atoms with E-state index in [-0.39, 0.29) is 5.82 Å². The van der Waals surface area contributed by atoms with Crippen LogP contribution in [0.25, 0.3) is 6.08 Å². The molecule has 0 aliphatic carbocycles. The molecule has 0 aliphatic heterocycles. The van der Waals surface area contributed by atoms with Gasteiger partial charge in [-0.2, -0.15) is 0 Å². The number of hydrogen-bond acceptors (Lipinski definition) is 3. The summed E-state index contributed by atoms with van der Waals surface area (Å²) in [5.41, 5.74) is 2.10. The van der Waals surface area contributed by atoms with Crippen LogP contribution < -0.4 is 14.8 Å². The lowest BCUT2D eigenvalue weighted by Gasteiger charge is -2.07. The molecule has 1 N–H and O–H groups in total. The van der Waals surface area contributed by atoms with Gasteiger partial charge in [0.2, 0.25) is 0 Å². The van der Waals surface area contributed by atoms with Gasteiger partial charge in [-0.05, 0) is 35.4 Å². The van der Waals surface area contributed by atoms with Crippen molar-refractivity contribution < 1.29 is 13.9 Å². The predicted octanol–water partition coefficient (Wildman–Crippen LogP) is 3.65. The summed E-state index contributed by atoms with van der Waals surface area (Å²) in [6.07, 6.45) is 4.05. The monoisotopic (exact) mass is 301 g/mol. The summed E-state index contributed by atoms with van der Waals surface area (Å²) in [5.74, 6) is 1.22. The van der Waals surface area contributed by atoms with Crippen molar-refractivity contribution in [1.82, 2.24) is 5.32 Å². The summed E-state index contributed by atoms with van der Waals surface area (Å²) in [6.45, 7) is 1.43. The fourth-order valence-corrected chi connectivity index (χ4v) is 2.05. The van der Waals surface area contributed by atoms with E-state index in [1.807, 2.05) is 30.4 Å². The molecule has 116 valence electrons. The molecular weight excluding hydrogens is 281 g/mol. The molecule has 0 amide bonds. The van der Waals surface area contributed by atoms with Gasteiger partial charge in [0, 0.05) is 13.1 Å². The van der Waals surface area contributed by atoms with Gasteiger partial charge in [-0.15, -0.1) is 0 Å². The highest BCUT2D eigenvalue weighted by Crippen LogP contribution is 2.27. The van der Waals surface area contributed by atoms with E-state index < -0.39 is 0 Å². The number of methoxy groups -OCH3 is 2. The zero-order chi connectivity index (χ0) is 15.8. The number of nitrogens with one attached hydrogen (secondary N) is 1. The van der Waals surface area contributed by atoms with E-state index in [0.29, 0.717) is 18.0 Å². The molecule has 2 aromatic rings. The highest BCUT2D eigenvalue weighted by atomic mass is 19.1. The van der Waals surface area contributed by atoms with E-state index >= 15 is 0 Å². The van der Waals surface area contributed by atoms with Crippen molar-refractivity contribution in [2.45, 2.75) is 6.54 Å². The standard InChI is InChI=1S/C18H20FNO2/c1-21-17-10-7-14(12-18(17)22-2)4-3-11-20-13-15-5-8-16(19)9-6-15/h3-10,12,20H,11,13H2,1-2H3. The van der Waals surface area contributed by atoms with Crippen LogP contribution in [-0.4, -0.2) is 20.8 Å². The first-order chi connectivity index (χ1) is 10.7. The quantitative estimate of drug-likeness (QED) is 0.792. The molecule has 22 heavy (non-hydrogen) atoms. The lowest BCUT2D eigenvalue weighted by atomic mass is 10.2. The maximum atomic E-state index is 12.8. The normalized spacial score (nSPS) is 10.9. The fraction of sp³-hybridized carbons (Fsp3) is 0.222. The zero-order valence-corrected chi connectivity index (χ0v) is 12.8. The van der Waals surface area contributed by atoms with E-state index in [1.54, 1.807) is 26.4 Å². The summed E-state index contributed by atoms with van der Waals surface area (Å²) < 4.78 is 23.3. The van der Waals surface area contributed by atoms with Gasteiger partial charge in [0.15, 0.2) is 11.5 Å². The van der Waals surface area contributed by atoms with E-state index in [2.05, 4.69) is 5.32 Å². The highest BCUT2D eigenvalue weighted by molar-refractivity contribution is 5.55. The SMILES string of the molecule is COc1ccc(C=CCNCc2ccc(F)cc2)cc1OC. The van der Waals surface area contributed by atoms with Crippen molar-refractivity contribution in [3.05, 3.63) is 65.5 Å². The second-order valence-corrected chi connectivity index (χ2v) is 4.77. The van der Waals surface area contributed by atoms with Gasteiger partial charge in [-0.3, -0.25) is 0 Å². The highest BCUT2D eigenvalue weighted by Gasteiger charge is 2.02. The fourth-order valence-electron chi connectivity index (χ4n) is 2.05. The third-order valence-electron chi connectivity index (χ3n) is 3.22. The predicted molar refractivity (Wildman–Crippen MR) is 86.7 cm³/mol. The van der Waals surface area contributed by atoms with Gasteiger partial charge in [0.25, 0.3) is 0 Å². The van der Waals surface area contributed by atoms with Crippen LogP contribution in [0.2, 0.25) is 0 Å². The van der Waals surface area contributed by atoms with Crippen molar-refractivity contribution in [1.29, 1.82) is 0 Å². The molecular formula is C18H20FNO2. The molecule has 0 aromatic heterocycles. The van der Waals surface area contributed by atoms with E-state index in [4.69, 9.17) is 9.47 Å². The first kappa shape index (κ1) is 16.0. The second-order valence-electron chi connectivity index (χ2n) is 4.77. The Morgan fingerprint density at radius 2 is 1.73 bits per heavy atom. The Hall–Kier alpha value is -2.33. The third kappa shape index (κ3) is 4.60. The largest absolute Gasteiger partial charge is 0.493 e. The van der Waals surface area contributed by atoms with Crippen molar-refractivity contribution >= 4 is 6.08 Å². The molecule has 0 saturated heterocycles. The average Bonchev–Trinajstić information content (AvgIpc) is 2.56. The first-order valence-corrected chi connectivity index (χ1v) is 7.06. The zero-order valence-electron chi connectivity index (χ0n) is 12.8. The molecule has 4 heteroatoms. The maximum Gasteiger partial charge on any atom is 0.161 e. The second kappa shape index (κ2) is 8.20. The Balaban J connectivity index is 1.83. The molecule has 0 saturated carbocycles. The van der Waals surface area contributed by atoms with E-state index in [0.717, 1.165) is 17.7 Å². The number of hydrogen-bond donors (Lipinski definition) is 1. The van der Waals surface area contributed by atoms with Crippen LogP contribution in [0.4, 0.5) is 4.39 Å². The number of ether oxygens (including phenoxy) is 2. The Bertz CT molecular complexity index is 623. The molecule has 0 radical (unpaired) electrons. The van der Waals surface area contributed by atoms with Crippen LogP contribution in [0.3, 0.4) is 0 Å². The molecule has 2 aromatic carbocycles. The average molecular weight is 301 g/mol. The lowest BCUT2D eigenvalue weighted by Crippen LogP contribution is -2.12. The van der Waals surface area contributed by atoms with Gasteiger partial charge in [0.05, 0.1) is 14.2 Å². The molecule has 3 nitrogen and oxygen atoms in total. The van der Waals surface area contributed by atoms with Gasteiger partial charge in [-0.1, -0.05) is 30.4 Å². The molecule has 0 unspecified atom stereocenters. The maximum absolute atomic E-state index is 12.8. The van der Waals surface area contributed by atoms with Crippen LogP contribution in [0.1, 0.15) is 11.1 Å². The number of benzene rings is 2. The number of rotatable bonds is 7. The Morgan fingerprint density at radius 1 is 1.00 bits per heavy atom. The van der Waals surface area contributed by atoms with Crippen LogP contribution in [0.5, 0.6) is 11.5 Å². The minimum Gasteiger partial charge on any atom is -0.493 e. The molecule has 0 fully saturated rings. The Kier molecular flexibility index (Phi) is 5.98. The van der Waals surface area contributed by atoms with Crippen LogP contribution in [0, 0.1) is 5.82 Å². The van der Waals surface area contributed by atoms with Crippen molar-refractivity contribution in [3.8, 4) is 11.5 Å². The third-order valence-corrected chi connectivity index (χ3v) is 3.22. The van der Waals surface area contributed by atoms with E-state index in [9.17, 15) is 4.39 Å². The summed E-state index contributed by atoms with van der Waals surface area (Å²) in [6, 6.07) is 12.3. The molecule has 0 bridgehead atoms. The van der Waals surface area contributed by atoms with Crippen molar-refractivity contribution in [2.24, 2.45) is 0 Å². The smallest absolute Gasteiger partial charge is 0.161 e. The van der Waals surface area contributed by atoms with Gasteiger partial charge >= 0.3 is 0 Å². The number of halogens is 1. The minimum atomic E-state index is -0.211. The van der Waals surface area contributed by atoms with Crippen LogP contribution in [0.15, 0.2) is 48.5 Å². The molecule has 0 spiro atoms. The van der Waals surface area contributed by atoms with Gasteiger partial charge in [0.1, 0.15) is 5.82 Å². The first-order valence-electron chi connectivity index (χ1n) is 7.06. The Morgan fingerprint density at radius 3 is 2.41 bits per heavy atom. The van der Waals surface area contributed by atoms with Crippen molar-refractivity contribution in [2.75, 3.05) is 20.8 Å². The summed E-state index contributed by atoms with van der Waals surface area (Å²) in [7, 11) is 3.24. The topological polar surface area (TPSA) is 30.5 Å². The summed E-state index contributed by atoms with van der Waals surface area (Å²) in [5, 5.41) is 3.28. The van der Waals surface area contributed by atoms with Gasteiger partial charge < -0.3 is 14.8 Å². The molecule has 0 heterocycles. The molecule has 0 atom stereocenters. The summed E-state index contributed by atoms with van der Waals surface area (Å²) in [4.78, 5) is 0.